The fraction of sp³-hybridized carbons (Fsp3) is 0.647. The molecule has 2 rings (SSSR count). The Balaban J connectivity index is 1.84. The van der Waals surface area contributed by atoms with E-state index < -0.39 is 0 Å². The van der Waals surface area contributed by atoms with E-state index in [0.29, 0.717) is 11.6 Å². The molecule has 0 spiro atoms. The predicted molar refractivity (Wildman–Crippen MR) is 82.2 cm³/mol. The Kier molecular flexibility index (Phi) is 5.55. The van der Waals surface area contributed by atoms with E-state index in [1.807, 2.05) is 12.1 Å². The van der Waals surface area contributed by atoms with Crippen molar-refractivity contribution in [2.75, 3.05) is 13.6 Å². The Morgan fingerprint density at radius 1 is 1.30 bits per heavy atom. The number of aryl methyl sites for hydroxylation is 1. The minimum Gasteiger partial charge on any atom is -0.324 e. The molecule has 0 heterocycles. The van der Waals surface area contributed by atoms with Crippen molar-refractivity contribution in [3.05, 3.63) is 35.1 Å². The summed E-state index contributed by atoms with van der Waals surface area (Å²) in [7, 11) is 2.19. The molecular weight excluding hydrogens is 251 g/mol. The van der Waals surface area contributed by atoms with Crippen molar-refractivity contribution in [1.82, 2.24) is 4.90 Å². The maximum atomic E-state index is 13.6. The standard InChI is InChI=1S/C17H27FN2/c1-13-8-9-14(12-16(13)18)17(19)10-11-20(2)15-6-4-3-5-7-15/h8-9,12,15,17H,3-7,10-11,19H2,1-2H3. The second-order valence-electron chi connectivity index (χ2n) is 6.18. The van der Waals surface area contributed by atoms with Gasteiger partial charge >= 0.3 is 0 Å². The van der Waals surface area contributed by atoms with Gasteiger partial charge in [0.2, 0.25) is 0 Å². The van der Waals surface area contributed by atoms with Crippen LogP contribution in [0.3, 0.4) is 0 Å². The number of benzene rings is 1. The van der Waals surface area contributed by atoms with Crippen LogP contribution in [-0.4, -0.2) is 24.5 Å². The van der Waals surface area contributed by atoms with Gasteiger partial charge in [-0.1, -0.05) is 31.4 Å². The van der Waals surface area contributed by atoms with Crippen LogP contribution in [0.5, 0.6) is 0 Å². The molecule has 2 nitrogen and oxygen atoms in total. The molecule has 1 fully saturated rings. The van der Waals surface area contributed by atoms with Crippen LogP contribution in [0, 0.1) is 12.7 Å². The summed E-state index contributed by atoms with van der Waals surface area (Å²) in [5.41, 5.74) is 7.79. The van der Waals surface area contributed by atoms with Crippen molar-refractivity contribution in [3.8, 4) is 0 Å². The summed E-state index contributed by atoms with van der Waals surface area (Å²) < 4.78 is 13.6. The summed E-state index contributed by atoms with van der Waals surface area (Å²) in [4.78, 5) is 2.43. The molecule has 3 heteroatoms. The summed E-state index contributed by atoms with van der Waals surface area (Å²) in [5, 5.41) is 0. The number of nitrogens with zero attached hydrogens (tertiary/aromatic N) is 1. The lowest BCUT2D eigenvalue weighted by Gasteiger charge is -2.31. The average molecular weight is 278 g/mol. The van der Waals surface area contributed by atoms with Crippen LogP contribution >= 0.6 is 0 Å². The van der Waals surface area contributed by atoms with Gasteiger partial charge in [-0.3, -0.25) is 0 Å². The van der Waals surface area contributed by atoms with Crippen LogP contribution in [0.4, 0.5) is 4.39 Å². The molecule has 0 aliphatic heterocycles. The van der Waals surface area contributed by atoms with Gasteiger partial charge in [0.25, 0.3) is 0 Å². The SMILES string of the molecule is Cc1ccc(C(N)CCN(C)C2CCCCC2)cc1F. The molecule has 1 aliphatic rings. The number of nitrogens with two attached hydrogens (primary N) is 1. The third-order valence-electron chi connectivity index (χ3n) is 4.61. The highest BCUT2D eigenvalue weighted by Crippen LogP contribution is 2.23. The maximum absolute atomic E-state index is 13.6. The highest BCUT2D eigenvalue weighted by atomic mass is 19.1. The van der Waals surface area contributed by atoms with Gasteiger partial charge in [-0.05, 0) is 57.0 Å². The molecule has 0 saturated heterocycles. The zero-order chi connectivity index (χ0) is 14.5. The number of rotatable bonds is 5. The third kappa shape index (κ3) is 4.03. The van der Waals surface area contributed by atoms with Crippen molar-refractivity contribution in [1.29, 1.82) is 0 Å². The van der Waals surface area contributed by atoms with E-state index in [1.54, 1.807) is 13.0 Å². The number of hydrogen-bond acceptors (Lipinski definition) is 2. The molecule has 0 radical (unpaired) electrons. The lowest BCUT2D eigenvalue weighted by Crippen LogP contribution is -2.35. The van der Waals surface area contributed by atoms with Gasteiger partial charge in [-0.2, -0.15) is 0 Å². The van der Waals surface area contributed by atoms with Crippen LogP contribution < -0.4 is 5.73 Å². The quantitative estimate of drug-likeness (QED) is 0.888. The molecule has 0 bridgehead atoms. The fourth-order valence-corrected chi connectivity index (χ4v) is 3.05. The maximum Gasteiger partial charge on any atom is 0.126 e. The Bertz CT molecular complexity index is 427. The molecule has 1 saturated carbocycles. The smallest absolute Gasteiger partial charge is 0.126 e. The Labute approximate surface area is 122 Å². The van der Waals surface area contributed by atoms with Crippen molar-refractivity contribution in [2.24, 2.45) is 5.73 Å². The largest absolute Gasteiger partial charge is 0.324 e. The van der Waals surface area contributed by atoms with Gasteiger partial charge in [0.05, 0.1) is 0 Å². The molecule has 0 aromatic heterocycles. The molecular formula is C17H27FN2. The van der Waals surface area contributed by atoms with E-state index in [1.165, 1.54) is 32.1 Å². The van der Waals surface area contributed by atoms with Gasteiger partial charge in [-0.25, -0.2) is 4.39 Å². The number of halogens is 1. The second-order valence-corrected chi connectivity index (χ2v) is 6.18. The molecule has 1 aromatic carbocycles. The summed E-state index contributed by atoms with van der Waals surface area (Å²) in [6.45, 7) is 2.77. The topological polar surface area (TPSA) is 29.3 Å². The first-order valence-corrected chi connectivity index (χ1v) is 7.80. The Hall–Kier alpha value is -0.930. The minimum atomic E-state index is -0.154. The van der Waals surface area contributed by atoms with E-state index in [9.17, 15) is 4.39 Å². The molecule has 1 atom stereocenters. The van der Waals surface area contributed by atoms with Crippen LogP contribution in [0.25, 0.3) is 0 Å². The van der Waals surface area contributed by atoms with Crippen LogP contribution in [0.1, 0.15) is 55.7 Å². The third-order valence-corrected chi connectivity index (χ3v) is 4.61. The fourth-order valence-electron chi connectivity index (χ4n) is 3.05. The van der Waals surface area contributed by atoms with Crippen LogP contribution in [0.15, 0.2) is 18.2 Å². The molecule has 1 unspecified atom stereocenters. The molecule has 112 valence electrons. The first-order chi connectivity index (χ1) is 9.58. The van der Waals surface area contributed by atoms with E-state index in [4.69, 9.17) is 5.73 Å². The van der Waals surface area contributed by atoms with E-state index >= 15 is 0 Å². The summed E-state index contributed by atoms with van der Waals surface area (Å²) in [5.74, 6) is -0.154. The van der Waals surface area contributed by atoms with Gasteiger partial charge in [0.1, 0.15) is 5.82 Å². The monoisotopic (exact) mass is 278 g/mol. The summed E-state index contributed by atoms with van der Waals surface area (Å²) in [6.07, 6.45) is 7.59. The van der Waals surface area contributed by atoms with Gasteiger partial charge in [0, 0.05) is 12.1 Å². The first kappa shape index (κ1) is 15.5. The van der Waals surface area contributed by atoms with Crippen molar-refractivity contribution in [2.45, 2.75) is 57.5 Å². The molecule has 1 aromatic rings. The highest BCUT2D eigenvalue weighted by Gasteiger charge is 2.18. The molecule has 1 aliphatic carbocycles. The van der Waals surface area contributed by atoms with Gasteiger partial charge in [0.15, 0.2) is 0 Å². The number of hydrogen-bond donors (Lipinski definition) is 1. The van der Waals surface area contributed by atoms with Crippen molar-refractivity contribution >= 4 is 0 Å². The average Bonchev–Trinajstić information content (AvgIpc) is 2.48. The molecule has 0 amide bonds. The minimum absolute atomic E-state index is 0.0730. The van der Waals surface area contributed by atoms with Gasteiger partial charge < -0.3 is 10.6 Å². The lowest BCUT2D eigenvalue weighted by atomic mass is 9.94. The molecule has 2 N–H and O–H groups in total. The Morgan fingerprint density at radius 3 is 2.65 bits per heavy atom. The molecule has 20 heavy (non-hydrogen) atoms. The van der Waals surface area contributed by atoms with Gasteiger partial charge in [-0.15, -0.1) is 0 Å². The van der Waals surface area contributed by atoms with E-state index in [2.05, 4.69) is 11.9 Å². The summed E-state index contributed by atoms with van der Waals surface area (Å²) >= 11 is 0. The first-order valence-electron chi connectivity index (χ1n) is 7.80. The predicted octanol–water partition coefficient (Wildman–Crippen LogP) is 3.79. The summed E-state index contributed by atoms with van der Waals surface area (Å²) in [6, 6.07) is 5.99. The normalized spacial score (nSPS) is 18.4. The second kappa shape index (κ2) is 7.19. The lowest BCUT2D eigenvalue weighted by molar-refractivity contribution is 0.186. The van der Waals surface area contributed by atoms with Crippen molar-refractivity contribution < 1.29 is 4.39 Å². The zero-order valence-electron chi connectivity index (χ0n) is 12.7. The van der Waals surface area contributed by atoms with E-state index in [-0.39, 0.29) is 11.9 Å². The van der Waals surface area contributed by atoms with Crippen LogP contribution in [-0.2, 0) is 0 Å². The Morgan fingerprint density at radius 2 is 2.00 bits per heavy atom. The highest BCUT2D eigenvalue weighted by molar-refractivity contribution is 5.25. The zero-order valence-corrected chi connectivity index (χ0v) is 12.7. The van der Waals surface area contributed by atoms with Crippen molar-refractivity contribution in [3.63, 3.8) is 0 Å². The van der Waals surface area contributed by atoms with Crippen LogP contribution in [0.2, 0.25) is 0 Å². The van der Waals surface area contributed by atoms with E-state index in [0.717, 1.165) is 18.5 Å².